The van der Waals surface area contributed by atoms with Crippen molar-refractivity contribution in [2.45, 2.75) is 6.42 Å². The number of thiophene rings is 1. The average molecular weight is 443 g/mol. The van der Waals surface area contributed by atoms with E-state index in [0.29, 0.717) is 22.9 Å². The van der Waals surface area contributed by atoms with Crippen LogP contribution in [0.15, 0.2) is 54.6 Å². The van der Waals surface area contributed by atoms with Crippen molar-refractivity contribution in [3.8, 4) is 0 Å². The summed E-state index contributed by atoms with van der Waals surface area (Å²) < 4.78 is 0.939. The lowest BCUT2D eigenvalue weighted by molar-refractivity contribution is -0.122. The minimum Gasteiger partial charge on any atom is -0.369 e. The number of hydrogen-bond donors (Lipinski definition) is 2. The van der Waals surface area contributed by atoms with Gasteiger partial charge in [-0.05, 0) is 18.2 Å². The van der Waals surface area contributed by atoms with Gasteiger partial charge in [-0.1, -0.05) is 48.0 Å². The number of hydrogen-bond acceptors (Lipinski definition) is 5. The van der Waals surface area contributed by atoms with Crippen molar-refractivity contribution in [1.82, 2.24) is 15.8 Å². The maximum Gasteiger partial charge on any atom is 0.281 e. The average Bonchev–Trinajstić information content (AvgIpc) is 3.14. The molecule has 3 aromatic rings. The molecule has 30 heavy (non-hydrogen) atoms. The molecule has 8 heteroatoms. The zero-order chi connectivity index (χ0) is 20.9. The molecule has 1 fully saturated rings. The summed E-state index contributed by atoms with van der Waals surface area (Å²) in [5, 5.41) is 1.26. The second kappa shape index (κ2) is 9.47. The van der Waals surface area contributed by atoms with Gasteiger partial charge in [0.1, 0.15) is 4.88 Å². The first-order valence-electron chi connectivity index (χ1n) is 9.90. The molecule has 2 aromatic carbocycles. The highest BCUT2D eigenvalue weighted by Gasteiger charge is 2.19. The van der Waals surface area contributed by atoms with Crippen molar-refractivity contribution in [2.24, 2.45) is 0 Å². The van der Waals surface area contributed by atoms with Crippen LogP contribution in [0, 0.1) is 0 Å². The standard InChI is InChI=1S/C22H23ClN4O2S/c23-20-17-8-4-5-9-18(17)30-21(20)22(29)25-24-19(28)10-11-26-12-14-27(15-13-26)16-6-2-1-3-7-16/h1-9H,10-15H2,(H,24,28)(H,25,29). The monoisotopic (exact) mass is 442 g/mol. The van der Waals surface area contributed by atoms with Gasteiger partial charge in [0.2, 0.25) is 5.91 Å². The molecule has 0 atom stereocenters. The topological polar surface area (TPSA) is 64.7 Å². The van der Waals surface area contributed by atoms with Gasteiger partial charge in [0.15, 0.2) is 0 Å². The highest BCUT2D eigenvalue weighted by atomic mass is 35.5. The molecule has 1 aromatic heterocycles. The first kappa shape index (κ1) is 20.7. The third-order valence-corrected chi connectivity index (χ3v) is 6.88. The number of rotatable bonds is 5. The maximum atomic E-state index is 12.4. The van der Waals surface area contributed by atoms with E-state index in [1.54, 1.807) is 0 Å². The Morgan fingerprint density at radius 2 is 1.63 bits per heavy atom. The summed E-state index contributed by atoms with van der Waals surface area (Å²) in [5.41, 5.74) is 6.21. The van der Waals surface area contributed by atoms with E-state index in [1.807, 2.05) is 42.5 Å². The Kier molecular flexibility index (Phi) is 6.52. The van der Waals surface area contributed by atoms with Gasteiger partial charge in [-0.3, -0.25) is 25.3 Å². The summed E-state index contributed by atoms with van der Waals surface area (Å²) in [6, 6.07) is 17.9. The minimum absolute atomic E-state index is 0.217. The first-order valence-corrected chi connectivity index (χ1v) is 11.1. The van der Waals surface area contributed by atoms with Gasteiger partial charge in [0, 0.05) is 54.9 Å². The second-order valence-electron chi connectivity index (χ2n) is 7.16. The van der Waals surface area contributed by atoms with E-state index in [9.17, 15) is 9.59 Å². The Labute approximate surface area is 184 Å². The lowest BCUT2D eigenvalue weighted by atomic mass is 10.2. The van der Waals surface area contributed by atoms with Crippen LogP contribution in [-0.4, -0.2) is 49.4 Å². The molecule has 1 aliphatic heterocycles. The van der Waals surface area contributed by atoms with Crippen LogP contribution in [0.3, 0.4) is 0 Å². The number of fused-ring (bicyclic) bond motifs is 1. The van der Waals surface area contributed by atoms with E-state index in [4.69, 9.17) is 11.6 Å². The van der Waals surface area contributed by atoms with Crippen LogP contribution in [0.4, 0.5) is 5.69 Å². The first-order chi connectivity index (χ1) is 14.6. The number of halogens is 1. The Morgan fingerprint density at radius 1 is 0.933 bits per heavy atom. The summed E-state index contributed by atoms with van der Waals surface area (Å²) >= 11 is 7.62. The van der Waals surface area contributed by atoms with E-state index in [0.717, 1.165) is 36.3 Å². The summed E-state index contributed by atoms with van der Waals surface area (Å²) in [4.78, 5) is 29.6. The molecule has 0 radical (unpaired) electrons. The number of nitrogens with zero attached hydrogens (tertiary/aromatic N) is 2. The molecule has 2 amide bonds. The van der Waals surface area contributed by atoms with Crippen LogP contribution < -0.4 is 15.8 Å². The Hall–Kier alpha value is -2.61. The van der Waals surface area contributed by atoms with Crippen molar-refractivity contribution >= 4 is 50.5 Å². The SMILES string of the molecule is O=C(CCN1CCN(c2ccccc2)CC1)NNC(=O)c1sc2ccccc2c1Cl. The van der Waals surface area contributed by atoms with Gasteiger partial charge in [-0.25, -0.2) is 0 Å². The van der Waals surface area contributed by atoms with E-state index in [1.165, 1.54) is 17.0 Å². The Balaban J connectivity index is 1.21. The fourth-order valence-corrected chi connectivity index (χ4v) is 4.95. The number of carbonyl (C=O) groups is 2. The molecular weight excluding hydrogens is 420 g/mol. The summed E-state index contributed by atoms with van der Waals surface area (Å²) in [7, 11) is 0. The number of carbonyl (C=O) groups excluding carboxylic acids is 2. The third kappa shape index (κ3) is 4.75. The zero-order valence-electron chi connectivity index (χ0n) is 16.4. The van der Waals surface area contributed by atoms with Crippen molar-refractivity contribution in [1.29, 1.82) is 0 Å². The molecule has 0 saturated carbocycles. The van der Waals surface area contributed by atoms with E-state index in [-0.39, 0.29) is 5.91 Å². The van der Waals surface area contributed by atoms with E-state index >= 15 is 0 Å². The predicted octanol–water partition coefficient (Wildman–Crippen LogP) is 3.53. The molecule has 1 aliphatic rings. The number of anilines is 1. The molecule has 6 nitrogen and oxygen atoms in total. The molecule has 4 rings (SSSR count). The van der Waals surface area contributed by atoms with Crippen LogP contribution in [-0.2, 0) is 4.79 Å². The number of piperazine rings is 1. The highest BCUT2D eigenvalue weighted by Crippen LogP contribution is 2.34. The van der Waals surface area contributed by atoms with Gasteiger partial charge < -0.3 is 4.90 Å². The van der Waals surface area contributed by atoms with Gasteiger partial charge >= 0.3 is 0 Å². The maximum absolute atomic E-state index is 12.4. The Morgan fingerprint density at radius 3 is 2.37 bits per heavy atom. The van der Waals surface area contributed by atoms with Crippen LogP contribution in [0.1, 0.15) is 16.1 Å². The highest BCUT2D eigenvalue weighted by molar-refractivity contribution is 7.21. The number of nitrogens with one attached hydrogen (secondary N) is 2. The smallest absolute Gasteiger partial charge is 0.281 e. The van der Waals surface area contributed by atoms with Crippen molar-refractivity contribution in [2.75, 3.05) is 37.6 Å². The van der Waals surface area contributed by atoms with Crippen LogP contribution in [0.5, 0.6) is 0 Å². The van der Waals surface area contributed by atoms with Gasteiger partial charge in [0.05, 0.1) is 5.02 Å². The molecule has 2 heterocycles. The summed E-state index contributed by atoms with van der Waals surface area (Å²) in [5.74, 6) is -0.614. The quantitative estimate of drug-likeness (QED) is 0.593. The predicted molar refractivity (Wildman–Crippen MR) is 122 cm³/mol. The number of para-hydroxylation sites is 1. The zero-order valence-corrected chi connectivity index (χ0v) is 18.0. The molecule has 0 bridgehead atoms. The fraction of sp³-hybridized carbons (Fsp3) is 0.273. The molecule has 0 spiro atoms. The van der Waals surface area contributed by atoms with Gasteiger partial charge in [-0.15, -0.1) is 11.3 Å². The lowest BCUT2D eigenvalue weighted by Crippen LogP contribution is -2.48. The fourth-order valence-electron chi connectivity index (χ4n) is 3.53. The van der Waals surface area contributed by atoms with Crippen molar-refractivity contribution in [3.63, 3.8) is 0 Å². The van der Waals surface area contributed by atoms with E-state index in [2.05, 4.69) is 32.8 Å². The molecule has 2 N–H and O–H groups in total. The van der Waals surface area contributed by atoms with E-state index < -0.39 is 5.91 Å². The van der Waals surface area contributed by atoms with Crippen molar-refractivity contribution < 1.29 is 9.59 Å². The molecule has 0 aliphatic carbocycles. The third-order valence-electron chi connectivity index (χ3n) is 5.21. The Bertz CT molecular complexity index is 1030. The van der Waals surface area contributed by atoms with Gasteiger partial charge in [-0.2, -0.15) is 0 Å². The van der Waals surface area contributed by atoms with Crippen LogP contribution in [0.25, 0.3) is 10.1 Å². The summed E-state index contributed by atoms with van der Waals surface area (Å²) in [6.07, 6.45) is 0.325. The van der Waals surface area contributed by atoms with Crippen LogP contribution >= 0.6 is 22.9 Å². The lowest BCUT2D eigenvalue weighted by Gasteiger charge is -2.36. The van der Waals surface area contributed by atoms with Gasteiger partial charge in [0.25, 0.3) is 5.91 Å². The number of amides is 2. The van der Waals surface area contributed by atoms with Crippen molar-refractivity contribution in [3.05, 3.63) is 64.5 Å². The normalized spacial score (nSPS) is 14.6. The largest absolute Gasteiger partial charge is 0.369 e. The molecule has 0 unspecified atom stereocenters. The minimum atomic E-state index is -0.397. The number of benzene rings is 2. The second-order valence-corrected chi connectivity index (χ2v) is 8.59. The van der Waals surface area contributed by atoms with Crippen LogP contribution in [0.2, 0.25) is 5.02 Å². The molecule has 156 valence electrons. The molecule has 1 saturated heterocycles. The molecular formula is C22H23ClN4O2S. The summed E-state index contributed by atoms with van der Waals surface area (Å²) in [6.45, 7) is 4.35. The number of hydrazine groups is 1.